The van der Waals surface area contributed by atoms with Crippen LogP contribution in [-0.4, -0.2) is 29.6 Å². The maximum absolute atomic E-state index is 11.5. The van der Waals surface area contributed by atoms with Gasteiger partial charge in [-0.1, -0.05) is 30.1 Å². The molecular weight excluding hydrogens is 293 g/mol. The van der Waals surface area contributed by atoms with Gasteiger partial charge in [-0.2, -0.15) is 0 Å². The maximum atomic E-state index is 11.5. The molecule has 0 fully saturated rings. The quantitative estimate of drug-likeness (QED) is 0.846. The standard InChI is InChI=1S/C12H13Cl2NO4/c1-2-10(12(17)18)15-11(16)6-19-7-3-4-8(13)9(14)5-7/h3-5,10H,2,6H2,1H3,(H,15,16)(H,17,18)/t10-/m0/s1. The minimum atomic E-state index is -1.08. The summed E-state index contributed by atoms with van der Waals surface area (Å²) < 4.78 is 5.18. The lowest BCUT2D eigenvalue weighted by atomic mass is 10.2. The van der Waals surface area contributed by atoms with Crippen molar-refractivity contribution < 1.29 is 19.4 Å². The minimum Gasteiger partial charge on any atom is -0.484 e. The van der Waals surface area contributed by atoms with Crippen LogP contribution < -0.4 is 10.1 Å². The highest BCUT2D eigenvalue weighted by atomic mass is 35.5. The summed E-state index contributed by atoms with van der Waals surface area (Å²) in [5, 5.41) is 11.8. The number of carbonyl (C=O) groups excluding carboxylic acids is 1. The van der Waals surface area contributed by atoms with Crippen molar-refractivity contribution in [1.29, 1.82) is 0 Å². The predicted molar refractivity (Wildman–Crippen MR) is 71.8 cm³/mol. The van der Waals surface area contributed by atoms with Crippen molar-refractivity contribution in [2.75, 3.05) is 6.61 Å². The van der Waals surface area contributed by atoms with Crippen LogP contribution in [0.4, 0.5) is 0 Å². The van der Waals surface area contributed by atoms with Crippen LogP contribution in [-0.2, 0) is 9.59 Å². The molecule has 2 N–H and O–H groups in total. The van der Waals surface area contributed by atoms with Crippen LogP contribution in [0.5, 0.6) is 5.75 Å². The zero-order valence-corrected chi connectivity index (χ0v) is 11.7. The number of amides is 1. The topological polar surface area (TPSA) is 75.6 Å². The Hall–Kier alpha value is -1.46. The molecule has 0 radical (unpaired) electrons. The fraction of sp³-hybridized carbons (Fsp3) is 0.333. The largest absolute Gasteiger partial charge is 0.484 e. The summed E-state index contributed by atoms with van der Waals surface area (Å²) in [6, 6.07) is 3.68. The van der Waals surface area contributed by atoms with Gasteiger partial charge in [0, 0.05) is 6.07 Å². The summed E-state index contributed by atoms with van der Waals surface area (Å²) >= 11 is 11.5. The van der Waals surface area contributed by atoms with Crippen molar-refractivity contribution in [2.24, 2.45) is 0 Å². The average molecular weight is 306 g/mol. The molecule has 0 saturated heterocycles. The van der Waals surface area contributed by atoms with Gasteiger partial charge in [0.1, 0.15) is 11.8 Å². The SMILES string of the molecule is CC[C@H](NC(=O)COc1ccc(Cl)c(Cl)c1)C(=O)O. The highest BCUT2D eigenvalue weighted by Gasteiger charge is 2.17. The minimum absolute atomic E-state index is 0.290. The van der Waals surface area contributed by atoms with Crippen LogP contribution in [0.1, 0.15) is 13.3 Å². The van der Waals surface area contributed by atoms with Gasteiger partial charge in [0.2, 0.25) is 0 Å². The van der Waals surface area contributed by atoms with Crippen molar-refractivity contribution in [3.8, 4) is 5.75 Å². The van der Waals surface area contributed by atoms with E-state index >= 15 is 0 Å². The first-order chi connectivity index (χ1) is 8.93. The molecule has 1 rings (SSSR count). The number of ether oxygens (including phenoxy) is 1. The van der Waals surface area contributed by atoms with Crippen LogP contribution >= 0.6 is 23.2 Å². The Balaban J connectivity index is 2.49. The molecule has 0 aliphatic rings. The van der Waals surface area contributed by atoms with Gasteiger partial charge in [0.25, 0.3) is 5.91 Å². The van der Waals surface area contributed by atoms with Gasteiger partial charge >= 0.3 is 5.97 Å². The number of carbonyl (C=O) groups is 2. The van der Waals surface area contributed by atoms with Crippen molar-refractivity contribution in [3.05, 3.63) is 28.2 Å². The first kappa shape index (κ1) is 15.6. The van der Waals surface area contributed by atoms with Gasteiger partial charge in [0.15, 0.2) is 6.61 Å². The normalized spacial score (nSPS) is 11.7. The number of carboxylic acid groups (broad SMARTS) is 1. The zero-order chi connectivity index (χ0) is 14.4. The molecule has 104 valence electrons. The Morgan fingerprint density at radius 1 is 1.37 bits per heavy atom. The van der Waals surface area contributed by atoms with E-state index in [1.807, 2.05) is 0 Å². The average Bonchev–Trinajstić information content (AvgIpc) is 2.37. The first-order valence-electron chi connectivity index (χ1n) is 5.54. The van der Waals surface area contributed by atoms with Crippen LogP contribution in [0.2, 0.25) is 10.0 Å². The van der Waals surface area contributed by atoms with Crippen molar-refractivity contribution in [3.63, 3.8) is 0 Å². The Kier molecular flexibility index (Phi) is 5.92. The molecule has 19 heavy (non-hydrogen) atoms. The lowest BCUT2D eigenvalue weighted by molar-refractivity contribution is -0.142. The molecule has 7 heteroatoms. The second-order valence-corrected chi connectivity index (χ2v) is 4.55. The molecule has 0 aromatic heterocycles. The molecule has 1 aromatic carbocycles. The molecule has 0 bridgehead atoms. The van der Waals surface area contributed by atoms with E-state index < -0.39 is 17.9 Å². The van der Waals surface area contributed by atoms with Crippen LogP contribution in [0.15, 0.2) is 18.2 Å². The van der Waals surface area contributed by atoms with E-state index in [1.165, 1.54) is 6.07 Å². The number of hydrogen-bond acceptors (Lipinski definition) is 3. The van der Waals surface area contributed by atoms with Crippen molar-refractivity contribution in [1.82, 2.24) is 5.32 Å². The van der Waals surface area contributed by atoms with E-state index in [0.29, 0.717) is 22.2 Å². The molecule has 0 aliphatic carbocycles. The maximum Gasteiger partial charge on any atom is 0.326 e. The van der Waals surface area contributed by atoms with Gasteiger partial charge in [-0.25, -0.2) is 4.79 Å². The number of rotatable bonds is 6. The number of carboxylic acids is 1. The third-order valence-corrected chi connectivity index (χ3v) is 3.04. The number of halogens is 2. The van der Waals surface area contributed by atoms with Gasteiger partial charge in [-0.05, 0) is 18.6 Å². The van der Waals surface area contributed by atoms with E-state index in [9.17, 15) is 9.59 Å². The Labute approximate surface area is 120 Å². The number of aliphatic carboxylic acids is 1. The number of benzene rings is 1. The van der Waals surface area contributed by atoms with E-state index in [4.69, 9.17) is 33.0 Å². The molecule has 0 spiro atoms. The van der Waals surface area contributed by atoms with Crippen LogP contribution in [0, 0.1) is 0 Å². The fourth-order valence-corrected chi connectivity index (χ4v) is 1.58. The molecule has 5 nitrogen and oxygen atoms in total. The monoisotopic (exact) mass is 305 g/mol. The van der Waals surface area contributed by atoms with Gasteiger partial charge < -0.3 is 15.2 Å². The molecular formula is C12H13Cl2NO4. The van der Waals surface area contributed by atoms with Gasteiger partial charge in [0.05, 0.1) is 10.0 Å². The smallest absolute Gasteiger partial charge is 0.326 e. The molecule has 0 unspecified atom stereocenters. The first-order valence-corrected chi connectivity index (χ1v) is 6.29. The molecule has 1 atom stereocenters. The zero-order valence-electron chi connectivity index (χ0n) is 10.2. The third kappa shape index (κ3) is 4.96. The van der Waals surface area contributed by atoms with Crippen LogP contribution in [0.25, 0.3) is 0 Å². The van der Waals surface area contributed by atoms with Crippen molar-refractivity contribution in [2.45, 2.75) is 19.4 Å². The van der Waals surface area contributed by atoms with E-state index in [0.717, 1.165) is 0 Å². The second kappa shape index (κ2) is 7.21. The fourth-order valence-electron chi connectivity index (χ4n) is 1.29. The molecule has 0 saturated carbocycles. The van der Waals surface area contributed by atoms with E-state index in [2.05, 4.69) is 5.32 Å². The van der Waals surface area contributed by atoms with Gasteiger partial charge in [-0.3, -0.25) is 4.79 Å². The summed E-state index contributed by atoms with van der Waals surface area (Å²) in [4.78, 5) is 22.2. The Morgan fingerprint density at radius 2 is 2.05 bits per heavy atom. The summed E-state index contributed by atoms with van der Waals surface area (Å²) in [7, 11) is 0. The summed E-state index contributed by atoms with van der Waals surface area (Å²) in [6.07, 6.45) is 0.299. The summed E-state index contributed by atoms with van der Waals surface area (Å²) in [6.45, 7) is 1.38. The molecule has 0 aliphatic heterocycles. The lowest BCUT2D eigenvalue weighted by Gasteiger charge is -2.12. The second-order valence-electron chi connectivity index (χ2n) is 3.73. The van der Waals surface area contributed by atoms with E-state index in [1.54, 1.807) is 19.1 Å². The molecule has 0 heterocycles. The predicted octanol–water partition coefficient (Wildman–Crippen LogP) is 2.35. The highest BCUT2D eigenvalue weighted by molar-refractivity contribution is 6.42. The van der Waals surface area contributed by atoms with Crippen LogP contribution in [0.3, 0.4) is 0 Å². The lowest BCUT2D eigenvalue weighted by Crippen LogP contribution is -2.42. The summed E-state index contributed by atoms with van der Waals surface area (Å²) in [5.74, 6) is -1.21. The molecule has 1 aromatic rings. The molecule has 1 amide bonds. The summed E-state index contributed by atoms with van der Waals surface area (Å²) in [5.41, 5.74) is 0. The number of hydrogen-bond donors (Lipinski definition) is 2. The Morgan fingerprint density at radius 3 is 2.58 bits per heavy atom. The van der Waals surface area contributed by atoms with Gasteiger partial charge in [-0.15, -0.1) is 0 Å². The Bertz CT molecular complexity index is 479. The number of nitrogens with one attached hydrogen (secondary N) is 1. The highest BCUT2D eigenvalue weighted by Crippen LogP contribution is 2.26. The van der Waals surface area contributed by atoms with Crippen molar-refractivity contribution >= 4 is 35.1 Å². The van der Waals surface area contributed by atoms with E-state index in [-0.39, 0.29) is 6.61 Å². The third-order valence-electron chi connectivity index (χ3n) is 2.30.